The summed E-state index contributed by atoms with van der Waals surface area (Å²) in [4.78, 5) is 0.364. The maximum Gasteiger partial charge on any atom is 0.175 e. The van der Waals surface area contributed by atoms with Gasteiger partial charge in [-0.2, -0.15) is 0 Å². The molecule has 3 nitrogen and oxygen atoms in total. The summed E-state index contributed by atoms with van der Waals surface area (Å²) < 4.78 is 22.2. The molecule has 0 saturated heterocycles. The van der Waals surface area contributed by atoms with E-state index in [1.54, 1.807) is 18.2 Å². The Kier molecular flexibility index (Phi) is 2.49. The number of hydrogen-bond acceptors (Lipinski definition) is 2. The van der Waals surface area contributed by atoms with Gasteiger partial charge in [-0.1, -0.05) is 12.1 Å². The zero-order valence-electron chi connectivity index (χ0n) is 6.95. The maximum absolute atomic E-state index is 11.1. The van der Waals surface area contributed by atoms with Gasteiger partial charge in [-0.05, 0) is 12.1 Å². The first-order valence-electron chi connectivity index (χ1n) is 3.62. The fourth-order valence-electron chi connectivity index (χ4n) is 0.932. The SMILES string of the molecule is CS(=O)(=O)c1cccc(C[NH3+])c1. The third kappa shape index (κ3) is 2.06. The van der Waals surface area contributed by atoms with Crippen LogP contribution in [0, 0.1) is 0 Å². The molecule has 0 spiro atoms. The molecule has 0 aromatic heterocycles. The van der Waals surface area contributed by atoms with E-state index >= 15 is 0 Å². The standard InChI is InChI=1S/C8H11NO2S/c1-12(10,11)8-4-2-3-7(5-8)6-9/h2-5H,6,9H2,1H3/p+1. The highest BCUT2D eigenvalue weighted by Gasteiger charge is 2.06. The van der Waals surface area contributed by atoms with E-state index < -0.39 is 9.84 Å². The van der Waals surface area contributed by atoms with Crippen LogP contribution in [0.1, 0.15) is 5.56 Å². The van der Waals surface area contributed by atoms with E-state index in [0.717, 1.165) is 5.56 Å². The van der Waals surface area contributed by atoms with Gasteiger partial charge in [0, 0.05) is 11.8 Å². The summed E-state index contributed by atoms with van der Waals surface area (Å²) in [5.41, 5.74) is 4.63. The molecule has 0 fully saturated rings. The van der Waals surface area contributed by atoms with Crippen molar-refractivity contribution in [2.24, 2.45) is 0 Å². The lowest BCUT2D eigenvalue weighted by atomic mass is 10.2. The predicted octanol–water partition coefficient (Wildman–Crippen LogP) is -0.168. The van der Waals surface area contributed by atoms with Crippen LogP contribution in [0.2, 0.25) is 0 Å². The molecular weight excluding hydrogens is 174 g/mol. The maximum atomic E-state index is 11.1. The van der Waals surface area contributed by atoms with Crippen LogP contribution in [-0.4, -0.2) is 14.7 Å². The van der Waals surface area contributed by atoms with Gasteiger partial charge in [-0.3, -0.25) is 0 Å². The first-order chi connectivity index (χ1) is 5.54. The van der Waals surface area contributed by atoms with Crippen LogP contribution in [0.5, 0.6) is 0 Å². The minimum absolute atomic E-state index is 0.364. The molecule has 1 rings (SSSR count). The second-order valence-corrected chi connectivity index (χ2v) is 4.69. The molecule has 0 atom stereocenters. The molecule has 4 heteroatoms. The van der Waals surface area contributed by atoms with Crippen LogP contribution < -0.4 is 5.73 Å². The monoisotopic (exact) mass is 186 g/mol. The van der Waals surface area contributed by atoms with Crippen molar-refractivity contribution >= 4 is 9.84 Å². The zero-order valence-corrected chi connectivity index (χ0v) is 7.76. The molecule has 1 aromatic rings. The van der Waals surface area contributed by atoms with Crippen LogP contribution in [0.25, 0.3) is 0 Å². The largest absolute Gasteiger partial charge is 0.354 e. The normalized spacial score (nSPS) is 11.5. The van der Waals surface area contributed by atoms with Crippen LogP contribution in [0.15, 0.2) is 29.2 Å². The minimum Gasteiger partial charge on any atom is -0.354 e. The van der Waals surface area contributed by atoms with Gasteiger partial charge in [-0.25, -0.2) is 8.42 Å². The Hall–Kier alpha value is -0.870. The van der Waals surface area contributed by atoms with E-state index in [9.17, 15) is 8.42 Å². The van der Waals surface area contributed by atoms with Crippen molar-refractivity contribution in [2.75, 3.05) is 6.26 Å². The molecule has 3 N–H and O–H groups in total. The smallest absolute Gasteiger partial charge is 0.175 e. The first kappa shape index (κ1) is 9.22. The number of quaternary nitrogens is 1. The average molecular weight is 186 g/mol. The Morgan fingerprint density at radius 2 is 2.08 bits per heavy atom. The van der Waals surface area contributed by atoms with Crippen molar-refractivity contribution in [3.05, 3.63) is 29.8 Å². The minimum atomic E-state index is -3.06. The fourth-order valence-corrected chi connectivity index (χ4v) is 1.62. The molecule has 1 aromatic carbocycles. The lowest BCUT2D eigenvalue weighted by Gasteiger charge is -1.98. The van der Waals surface area contributed by atoms with E-state index in [1.807, 2.05) is 6.07 Å². The second kappa shape index (κ2) is 3.25. The van der Waals surface area contributed by atoms with E-state index in [1.165, 1.54) is 6.26 Å². The summed E-state index contributed by atoms with van der Waals surface area (Å²) >= 11 is 0. The first-order valence-corrected chi connectivity index (χ1v) is 5.51. The van der Waals surface area contributed by atoms with Crippen LogP contribution in [0.3, 0.4) is 0 Å². The summed E-state index contributed by atoms with van der Waals surface area (Å²) in [6, 6.07) is 6.84. The third-order valence-electron chi connectivity index (χ3n) is 1.62. The van der Waals surface area contributed by atoms with Crippen molar-refractivity contribution in [3.8, 4) is 0 Å². The fraction of sp³-hybridized carbons (Fsp3) is 0.250. The molecule has 0 unspecified atom stereocenters. The summed E-state index contributed by atoms with van der Waals surface area (Å²) in [6.07, 6.45) is 1.20. The van der Waals surface area contributed by atoms with Gasteiger partial charge in [0.2, 0.25) is 0 Å². The number of benzene rings is 1. The van der Waals surface area contributed by atoms with Crippen LogP contribution in [-0.2, 0) is 16.4 Å². The molecule has 0 aliphatic carbocycles. The Morgan fingerprint density at radius 3 is 2.58 bits per heavy atom. The van der Waals surface area contributed by atoms with Gasteiger partial charge >= 0.3 is 0 Å². The molecule has 66 valence electrons. The van der Waals surface area contributed by atoms with E-state index in [0.29, 0.717) is 11.4 Å². The molecule has 0 aliphatic heterocycles. The van der Waals surface area contributed by atoms with Crippen LogP contribution in [0.4, 0.5) is 0 Å². The van der Waals surface area contributed by atoms with Gasteiger partial charge < -0.3 is 5.73 Å². The van der Waals surface area contributed by atoms with Gasteiger partial charge in [0.15, 0.2) is 9.84 Å². The molecule has 0 radical (unpaired) electrons. The van der Waals surface area contributed by atoms with Gasteiger partial charge in [-0.15, -0.1) is 0 Å². The quantitative estimate of drug-likeness (QED) is 0.697. The zero-order chi connectivity index (χ0) is 9.19. The summed E-state index contributed by atoms with van der Waals surface area (Å²) in [5.74, 6) is 0. The Bertz CT molecular complexity index is 370. The lowest BCUT2D eigenvalue weighted by Crippen LogP contribution is -2.47. The van der Waals surface area contributed by atoms with Crippen molar-refractivity contribution in [1.82, 2.24) is 0 Å². The highest BCUT2D eigenvalue weighted by molar-refractivity contribution is 7.90. The number of hydrogen-bond donors (Lipinski definition) is 1. The van der Waals surface area contributed by atoms with Crippen LogP contribution >= 0.6 is 0 Å². The average Bonchev–Trinajstić information content (AvgIpc) is 2.03. The van der Waals surface area contributed by atoms with Crippen molar-refractivity contribution in [3.63, 3.8) is 0 Å². The lowest BCUT2D eigenvalue weighted by molar-refractivity contribution is -0.386. The van der Waals surface area contributed by atoms with Crippen molar-refractivity contribution in [1.29, 1.82) is 0 Å². The highest BCUT2D eigenvalue weighted by atomic mass is 32.2. The molecule has 0 saturated carbocycles. The van der Waals surface area contributed by atoms with E-state index in [2.05, 4.69) is 5.73 Å². The topological polar surface area (TPSA) is 61.8 Å². The highest BCUT2D eigenvalue weighted by Crippen LogP contribution is 2.09. The Labute approximate surface area is 72.1 Å². The summed E-state index contributed by atoms with van der Waals surface area (Å²) in [5, 5.41) is 0. The molecule has 0 bridgehead atoms. The van der Waals surface area contributed by atoms with Gasteiger partial charge in [0.1, 0.15) is 0 Å². The van der Waals surface area contributed by atoms with E-state index in [4.69, 9.17) is 0 Å². The predicted molar refractivity (Wildman–Crippen MR) is 46.1 cm³/mol. The third-order valence-corrected chi connectivity index (χ3v) is 2.73. The molecule has 0 heterocycles. The summed E-state index contributed by atoms with van der Waals surface area (Å²) in [7, 11) is -3.06. The van der Waals surface area contributed by atoms with Crippen molar-refractivity contribution < 1.29 is 14.2 Å². The van der Waals surface area contributed by atoms with E-state index in [-0.39, 0.29) is 0 Å². The number of sulfone groups is 1. The second-order valence-electron chi connectivity index (χ2n) is 2.67. The molecule has 0 aliphatic rings. The Balaban J connectivity index is 3.20. The molecule has 12 heavy (non-hydrogen) atoms. The molecular formula is C8H12NO2S+. The van der Waals surface area contributed by atoms with Gasteiger partial charge in [0.25, 0.3) is 0 Å². The number of rotatable bonds is 2. The van der Waals surface area contributed by atoms with Crippen molar-refractivity contribution in [2.45, 2.75) is 11.4 Å². The molecule has 0 amide bonds. The summed E-state index contributed by atoms with van der Waals surface area (Å²) in [6.45, 7) is 0.614. The van der Waals surface area contributed by atoms with Gasteiger partial charge in [0.05, 0.1) is 11.4 Å². The Morgan fingerprint density at radius 1 is 1.42 bits per heavy atom.